The SMILES string of the molecule is O=[N+]([O-])c1ccccc1NNC(=S)NCCc1ccccc1. The van der Waals surface area contributed by atoms with Gasteiger partial charge >= 0.3 is 0 Å². The first kappa shape index (κ1) is 15.7. The molecular weight excluding hydrogens is 300 g/mol. The third kappa shape index (κ3) is 4.71. The van der Waals surface area contributed by atoms with E-state index in [1.54, 1.807) is 18.2 Å². The van der Waals surface area contributed by atoms with Crippen molar-refractivity contribution in [2.24, 2.45) is 0 Å². The highest BCUT2D eigenvalue weighted by Gasteiger charge is 2.11. The topological polar surface area (TPSA) is 79.2 Å². The summed E-state index contributed by atoms with van der Waals surface area (Å²) >= 11 is 5.12. The summed E-state index contributed by atoms with van der Waals surface area (Å²) in [5.41, 5.74) is 7.06. The van der Waals surface area contributed by atoms with Crippen molar-refractivity contribution in [3.63, 3.8) is 0 Å². The maximum Gasteiger partial charge on any atom is 0.294 e. The smallest absolute Gasteiger partial charge is 0.294 e. The highest BCUT2D eigenvalue weighted by molar-refractivity contribution is 7.80. The van der Waals surface area contributed by atoms with E-state index in [0.29, 0.717) is 17.3 Å². The molecule has 0 heterocycles. The largest absolute Gasteiger partial charge is 0.361 e. The third-order valence-electron chi connectivity index (χ3n) is 2.95. The molecule has 0 atom stereocenters. The van der Waals surface area contributed by atoms with Crippen molar-refractivity contribution < 1.29 is 4.92 Å². The molecule has 0 amide bonds. The Morgan fingerprint density at radius 2 is 1.77 bits per heavy atom. The molecule has 0 unspecified atom stereocenters. The number of hydrogen-bond donors (Lipinski definition) is 3. The zero-order chi connectivity index (χ0) is 15.8. The highest BCUT2D eigenvalue weighted by atomic mass is 32.1. The van der Waals surface area contributed by atoms with Gasteiger partial charge in [0.15, 0.2) is 5.11 Å². The maximum atomic E-state index is 10.9. The van der Waals surface area contributed by atoms with Gasteiger partial charge in [-0.15, -0.1) is 0 Å². The van der Waals surface area contributed by atoms with Crippen molar-refractivity contribution in [3.8, 4) is 0 Å². The molecule has 2 aromatic carbocycles. The van der Waals surface area contributed by atoms with Crippen LogP contribution < -0.4 is 16.2 Å². The van der Waals surface area contributed by atoms with Crippen molar-refractivity contribution in [2.45, 2.75) is 6.42 Å². The summed E-state index contributed by atoms with van der Waals surface area (Å²) in [4.78, 5) is 10.4. The maximum absolute atomic E-state index is 10.9. The average Bonchev–Trinajstić information content (AvgIpc) is 2.54. The van der Waals surface area contributed by atoms with E-state index >= 15 is 0 Å². The van der Waals surface area contributed by atoms with Crippen LogP contribution in [0.4, 0.5) is 11.4 Å². The summed E-state index contributed by atoms with van der Waals surface area (Å²) in [6.07, 6.45) is 0.841. The summed E-state index contributed by atoms with van der Waals surface area (Å²) < 4.78 is 0. The Kier molecular flexibility index (Phi) is 5.67. The van der Waals surface area contributed by atoms with Crippen LogP contribution in [-0.4, -0.2) is 16.6 Å². The Hall–Kier alpha value is -2.67. The molecule has 0 aliphatic carbocycles. The number of thiocarbonyl (C=S) groups is 1. The summed E-state index contributed by atoms with van der Waals surface area (Å²) in [6, 6.07) is 16.4. The minimum Gasteiger partial charge on any atom is -0.361 e. The molecule has 114 valence electrons. The van der Waals surface area contributed by atoms with Crippen LogP contribution in [0.5, 0.6) is 0 Å². The summed E-state index contributed by atoms with van der Waals surface area (Å²) in [5, 5.41) is 14.3. The van der Waals surface area contributed by atoms with E-state index in [2.05, 4.69) is 16.2 Å². The van der Waals surface area contributed by atoms with E-state index in [1.165, 1.54) is 11.6 Å². The van der Waals surface area contributed by atoms with Crippen molar-refractivity contribution in [2.75, 3.05) is 12.0 Å². The monoisotopic (exact) mass is 316 g/mol. The van der Waals surface area contributed by atoms with Gasteiger partial charge in [0.2, 0.25) is 0 Å². The first-order valence-corrected chi connectivity index (χ1v) is 7.15. The van der Waals surface area contributed by atoms with Crippen LogP contribution in [0.2, 0.25) is 0 Å². The van der Waals surface area contributed by atoms with Crippen molar-refractivity contribution in [3.05, 3.63) is 70.3 Å². The first-order valence-electron chi connectivity index (χ1n) is 6.74. The molecule has 3 N–H and O–H groups in total. The van der Waals surface area contributed by atoms with Crippen LogP contribution >= 0.6 is 12.2 Å². The van der Waals surface area contributed by atoms with Gasteiger partial charge in [0, 0.05) is 12.6 Å². The molecule has 0 spiro atoms. The van der Waals surface area contributed by atoms with E-state index < -0.39 is 4.92 Å². The molecule has 0 aliphatic rings. The fourth-order valence-electron chi connectivity index (χ4n) is 1.87. The highest BCUT2D eigenvalue weighted by Crippen LogP contribution is 2.21. The molecule has 0 saturated carbocycles. The molecule has 2 aromatic rings. The second-order valence-electron chi connectivity index (χ2n) is 4.52. The molecule has 0 aliphatic heterocycles. The minimum absolute atomic E-state index is 0.0120. The Morgan fingerprint density at radius 3 is 2.50 bits per heavy atom. The molecule has 2 rings (SSSR count). The first-order chi connectivity index (χ1) is 10.7. The van der Waals surface area contributed by atoms with Crippen LogP contribution in [0.1, 0.15) is 5.56 Å². The quantitative estimate of drug-likeness (QED) is 0.432. The third-order valence-corrected chi connectivity index (χ3v) is 3.20. The number of para-hydroxylation sites is 2. The zero-order valence-electron chi connectivity index (χ0n) is 11.8. The zero-order valence-corrected chi connectivity index (χ0v) is 12.6. The van der Waals surface area contributed by atoms with Gasteiger partial charge < -0.3 is 5.32 Å². The van der Waals surface area contributed by atoms with Gasteiger partial charge in [-0.2, -0.15) is 0 Å². The van der Waals surface area contributed by atoms with E-state index in [4.69, 9.17) is 12.2 Å². The minimum atomic E-state index is -0.449. The van der Waals surface area contributed by atoms with Gasteiger partial charge in [0.25, 0.3) is 5.69 Å². The molecule has 0 radical (unpaired) electrons. The van der Waals surface area contributed by atoms with E-state index in [0.717, 1.165) is 6.42 Å². The molecule has 22 heavy (non-hydrogen) atoms. The van der Waals surface area contributed by atoms with E-state index in [9.17, 15) is 10.1 Å². The lowest BCUT2D eigenvalue weighted by molar-refractivity contribution is -0.384. The van der Waals surface area contributed by atoms with Crippen LogP contribution in [-0.2, 0) is 6.42 Å². The number of rotatable bonds is 6. The van der Waals surface area contributed by atoms with Crippen molar-refractivity contribution >= 4 is 28.7 Å². The Bertz CT molecular complexity index is 649. The number of anilines is 1. The lowest BCUT2D eigenvalue weighted by Crippen LogP contribution is -2.39. The molecule has 6 nitrogen and oxygen atoms in total. The molecule has 0 fully saturated rings. The number of hydrogen-bond acceptors (Lipinski definition) is 4. The molecule has 0 aromatic heterocycles. The standard InChI is InChI=1S/C15H16N4O2S/c20-19(21)14-9-5-4-8-13(14)17-18-15(22)16-11-10-12-6-2-1-3-7-12/h1-9,17H,10-11H2,(H2,16,18,22). The fourth-order valence-corrected chi connectivity index (χ4v) is 2.02. The Labute approximate surface area is 133 Å². The van der Waals surface area contributed by atoms with Crippen LogP contribution in [0, 0.1) is 10.1 Å². The predicted octanol–water partition coefficient (Wildman–Crippen LogP) is 2.63. The van der Waals surface area contributed by atoms with Gasteiger partial charge in [-0.3, -0.25) is 21.0 Å². The van der Waals surface area contributed by atoms with Crippen LogP contribution in [0.15, 0.2) is 54.6 Å². The molecule has 0 bridgehead atoms. The second-order valence-corrected chi connectivity index (χ2v) is 4.92. The number of nitro benzene ring substituents is 1. The van der Waals surface area contributed by atoms with E-state index in [-0.39, 0.29) is 5.69 Å². The Balaban J connectivity index is 1.77. The lowest BCUT2D eigenvalue weighted by Gasteiger charge is -2.12. The summed E-state index contributed by atoms with van der Waals surface area (Å²) in [5.74, 6) is 0. The van der Waals surface area contributed by atoms with Crippen LogP contribution in [0.3, 0.4) is 0 Å². The van der Waals surface area contributed by atoms with Gasteiger partial charge in [-0.25, -0.2) is 0 Å². The van der Waals surface area contributed by atoms with Crippen LogP contribution in [0.25, 0.3) is 0 Å². The van der Waals surface area contributed by atoms with Gasteiger partial charge in [0.1, 0.15) is 5.69 Å². The van der Waals surface area contributed by atoms with E-state index in [1.807, 2.05) is 30.3 Å². The van der Waals surface area contributed by atoms with Gasteiger partial charge in [0.05, 0.1) is 4.92 Å². The Morgan fingerprint density at radius 1 is 1.09 bits per heavy atom. The molecule has 0 saturated heterocycles. The van der Waals surface area contributed by atoms with Gasteiger partial charge in [-0.1, -0.05) is 42.5 Å². The molecule has 7 heteroatoms. The fraction of sp³-hybridized carbons (Fsp3) is 0.133. The normalized spacial score (nSPS) is 9.82. The number of hydrazine groups is 1. The van der Waals surface area contributed by atoms with Crippen molar-refractivity contribution in [1.29, 1.82) is 0 Å². The second kappa shape index (κ2) is 7.94. The lowest BCUT2D eigenvalue weighted by atomic mass is 10.1. The summed E-state index contributed by atoms with van der Waals surface area (Å²) in [6.45, 7) is 0.675. The molecular formula is C15H16N4O2S. The van der Waals surface area contributed by atoms with Crippen molar-refractivity contribution in [1.82, 2.24) is 10.7 Å². The number of nitrogens with zero attached hydrogens (tertiary/aromatic N) is 1. The van der Waals surface area contributed by atoms with Gasteiger partial charge in [-0.05, 0) is 30.3 Å². The summed E-state index contributed by atoms with van der Waals surface area (Å²) in [7, 11) is 0. The average molecular weight is 316 g/mol. The predicted molar refractivity (Wildman–Crippen MR) is 90.6 cm³/mol. The number of benzene rings is 2. The number of nitro groups is 1. The number of nitrogens with one attached hydrogen (secondary N) is 3.